The number of thioether (sulfide) groups is 1. The van der Waals surface area contributed by atoms with Gasteiger partial charge in [-0.1, -0.05) is 53.7 Å². The summed E-state index contributed by atoms with van der Waals surface area (Å²) >= 11 is 3.03. The highest BCUT2D eigenvalue weighted by molar-refractivity contribution is 8.02. The number of hydrogen-bond donors (Lipinski definition) is 2. The molecule has 0 fully saturated rings. The van der Waals surface area contributed by atoms with E-state index < -0.39 is 4.75 Å². The minimum atomic E-state index is -0.823. The zero-order valence-electron chi connectivity index (χ0n) is 14.2. The monoisotopic (exact) mass is 372 g/mol. The quantitative estimate of drug-likeness (QED) is 0.648. The van der Waals surface area contributed by atoms with Gasteiger partial charge in [-0.3, -0.25) is 4.79 Å². The number of aliphatic hydroxyl groups is 1. The predicted octanol–water partition coefficient (Wildman–Crippen LogP) is 3.72. The van der Waals surface area contributed by atoms with Crippen LogP contribution in [-0.4, -0.2) is 29.1 Å². The number of rotatable bonds is 6. The summed E-state index contributed by atoms with van der Waals surface area (Å²) in [6.45, 7) is 4.08. The van der Waals surface area contributed by atoms with Gasteiger partial charge in [0.1, 0.15) is 4.75 Å². The Morgan fingerprint density at radius 1 is 1.24 bits per heavy atom. The summed E-state index contributed by atoms with van der Waals surface area (Å²) in [7, 11) is 0. The average molecular weight is 373 g/mol. The van der Waals surface area contributed by atoms with E-state index in [0.717, 1.165) is 25.7 Å². The Morgan fingerprint density at radius 2 is 1.96 bits per heavy atom. The average Bonchev–Trinajstić information content (AvgIpc) is 3.02. The van der Waals surface area contributed by atoms with E-state index in [1.165, 1.54) is 11.8 Å². The van der Waals surface area contributed by atoms with Crippen molar-refractivity contribution in [2.24, 2.45) is 0 Å². The first-order chi connectivity index (χ1) is 12.0. The third-order valence-electron chi connectivity index (χ3n) is 4.00. The molecular weight excluding hydrogens is 352 g/mol. The fourth-order valence-electron chi connectivity index (χ4n) is 2.52. The number of para-hydroxylation sites is 1. The Labute approximate surface area is 155 Å². The highest BCUT2D eigenvalue weighted by Gasteiger charge is 2.37. The molecule has 3 aromatic rings. The van der Waals surface area contributed by atoms with Gasteiger partial charge in [-0.25, -0.2) is 4.98 Å². The van der Waals surface area contributed by atoms with E-state index in [1.54, 1.807) is 11.3 Å². The van der Waals surface area contributed by atoms with E-state index in [-0.39, 0.29) is 19.1 Å². The van der Waals surface area contributed by atoms with Crippen LogP contribution >= 0.6 is 23.1 Å². The summed E-state index contributed by atoms with van der Waals surface area (Å²) in [5.74, 6) is -0.130. The number of carbonyl (C=O) groups is 1. The second-order valence-electron chi connectivity index (χ2n) is 5.93. The van der Waals surface area contributed by atoms with E-state index in [2.05, 4.69) is 10.3 Å². The predicted molar refractivity (Wildman–Crippen MR) is 104 cm³/mol. The van der Waals surface area contributed by atoms with Crippen molar-refractivity contribution < 1.29 is 9.90 Å². The molecule has 6 heteroatoms. The first kappa shape index (κ1) is 17.9. The fraction of sp³-hybridized carbons (Fsp3) is 0.263. The summed E-state index contributed by atoms with van der Waals surface area (Å²) in [4.78, 5) is 17.5. The van der Waals surface area contributed by atoms with Gasteiger partial charge in [0.2, 0.25) is 5.91 Å². The molecule has 2 aromatic carbocycles. The van der Waals surface area contributed by atoms with Crippen LogP contribution in [0.4, 0.5) is 0 Å². The minimum absolute atomic E-state index is 0.0818. The number of amides is 1. The number of aromatic nitrogens is 1. The van der Waals surface area contributed by atoms with Crippen LogP contribution in [0.15, 0.2) is 52.9 Å². The van der Waals surface area contributed by atoms with Crippen LogP contribution in [0.1, 0.15) is 18.1 Å². The number of nitrogens with one attached hydrogen (secondary N) is 1. The molecule has 0 saturated heterocycles. The summed E-state index contributed by atoms with van der Waals surface area (Å²) in [5, 5.41) is 11.8. The lowest BCUT2D eigenvalue weighted by atomic mass is 9.98. The molecule has 0 aliphatic carbocycles. The minimum Gasteiger partial charge on any atom is -0.395 e. The smallest absolute Gasteiger partial charge is 0.241 e. The fourth-order valence-corrected chi connectivity index (χ4v) is 5.06. The molecule has 0 radical (unpaired) electrons. The number of benzene rings is 2. The molecule has 0 aliphatic heterocycles. The van der Waals surface area contributed by atoms with E-state index in [4.69, 9.17) is 5.11 Å². The maximum Gasteiger partial charge on any atom is 0.241 e. The lowest BCUT2D eigenvalue weighted by Crippen LogP contribution is -2.41. The van der Waals surface area contributed by atoms with Crippen LogP contribution < -0.4 is 5.32 Å². The molecule has 1 heterocycles. The Morgan fingerprint density at radius 3 is 2.64 bits per heavy atom. The van der Waals surface area contributed by atoms with Gasteiger partial charge in [0.15, 0.2) is 4.34 Å². The normalized spacial score (nSPS) is 13.6. The van der Waals surface area contributed by atoms with Gasteiger partial charge in [-0.05, 0) is 31.5 Å². The topological polar surface area (TPSA) is 62.2 Å². The lowest BCUT2D eigenvalue weighted by Gasteiger charge is -2.27. The first-order valence-corrected chi connectivity index (χ1v) is 9.67. The second-order valence-corrected chi connectivity index (χ2v) is 8.62. The van der Waals surface area contributed by atoms with Crippen molar-refractivity contribution in [3.8, 4) is 0 Å². The molecule has 1 unspecified atom stereocenters. The van der Waals surface area contributed by atoms with Crippen LogP contribution in [0.3, 0.4) is 0 Å². The van der Waals surface area contributed by atoms with Crippen LogP contribution in [0.2, 0.25) is 0 Å². The van der Waals surface area contributed by atoms with Gasteiger partial charge in [0, 0.05) is 6.54 Å². The van der Waals surface area contributed by atoms with E-state index in [9.17, 15) is 4.79 Å². The molecule has 4 nitrogen and oxygen atoms in total. The molecular formula is C19H20N2O2S2. The Kier molecular flexibility index (Phi) is 5.42. The Balaban J connectivity index is 1.97. The highest BCUT2D eigenvalue weighted by Crippen LogP contribution is 2.44. The molecule has 1 aromatic heterocycles. The second kappa shape index (κ2) is 7.56. The van der Waals surface area contributed by atoms with Crippen LogP contribution in [0.25, 0.3) is 10.2 Å². The van der Waals surface area contributed by atoms with E-state index >= 15 is 0 Å². The molecule has 25 heavy (non-hydrogen) atoms. The summed E-state index contributed by atoms with van der Waals surface area (Å²) in [6.07, 6.45) is 0. The lowest BCUT2D eigenvalue weighted by molar-refractivity contribution is -0.123. The first-order valence-electron chi connectivity index (χ1n) is 8.04. The van der Waals surface area contributed by atoms with Gasteiger partial charge in [-0.15, -0.1) is 11.3 Å². The van der Waals surface area contributed by atoms with Crippen LogP contribution in [0.5, 0.6) is 0 Å². The van der Waals surface area contributed by atoms with Crippen molar-refractivity contribution in [3.63, 3.8) is 0 Å². The zero-order valence-corrected chi connectivity index (χ0v) is 15.8. The molecule has 0 saturated carbocycles. The Hall–Kier alpha value is -1.89. The Bertz CT molecular complexity index is 844. The third kappa shape index (κ3) is 3.86. The van der Waals surface area contributed by atoms with Gasteiger partial charge in [0.25, 0.3) is 0 Å². The maximum atomic E-state index is 12.9. The van der Waals surface area contributed by atoms with Crippen molar-refractivity contribution in [2.75, 3.05) is 13.2 Å². The van der Waals surface area contributed by atoms with Crippen molar-refractivity contribution in [3.05, 3.63) is 59.7 Å². The SMILES string of the molecule is Cc1ccc(C(C)(Sc2nc3ccccc3s2)C(=O)NCCO)cc1. The molecule has 130 valence electrons. The standard InChI is InChI=1S/C19H20N2O2S2/c1-13-7-9-14(10-8-13)19(2,17(23)20-11-12-22)25-18-21-15-5-3-4-6-16(15)24-18/h3-10,22H,11-12H2,1-2H3,(H,20,23). The number of aryl methyl sites for hydroxylation is 1. The number of hydrogen-bond acceptors (Lipinski definition) is 5. The number of fused-ring (bicyclic) bond motifs is 1. The summed E-state index contributed by atoms with van der Waals surface area (Å²) < 4.78 is 1.13. The van der Waals surface area contributed by atoms with Gasteiger partial charge < -0.3 is 10.4 Å². The van der Waals surface area contributed by atoms with Gasteiger partial charge in [0.05, 0.1) is 16.8 Å². The molecule has 0 bridgehead atoms. The molecule has 2 N–H and O–H groups in total. The zero-order chi connectivity index (χ0) is 17.9. The molecule has 0 aliphatic rings. The van der Waals surface area contributed by atoms with E-state index in [1.807, 2.05) is 62.4 Å². The maximum absolute atomic E-state index is 12.9. The van der Waals surface area contributed by atoms with Gasteiger partial charge >= 0.3 is 0 Å². The van der Waals surface area contributed by atoms with Gasteiger partial charge in [-0.2, -0.15) is 0 Å². The van der Waals surface area contributed by atoms with Crippen molar-refractivity contribution in [2.45, 2.75) is 22.9 Å². The molecule has 1 atom stereocenters. The third-order valence-corrected chi connectivity index (χ3v) is 6.43. The van der Waals surface area contributed by atoms with Crippen LogP contribution in [-0.2, 0) is 9.54 Å². The number of nitrogens with zero attached hydrogens (tertiary/aromatic N) is 1. The molecule has 3 rings (SSSR count). The summed E-state index contributed by atoms with van der Waals surface area (Å²) in [6, 6.07) is 15.9. The number of thiazole rings is 1. The number of aliphatic hydroxyl groups excluding tert-OH is 1. The molecule has 0 spiro atoms. The van der Waals surface area contributed by atoms with Crippen molar-refractivity contribution in [1.29, 1.82) is 0 Å². The number of carbonyl (C=O) groups excluding carboxylic acids is 1. The molecule has 1 amide bonds. The highest BCUT2D eigenvalue weighted by atomic mass is 32.2. The van der Waals surface area contributed by atoms with E-state index in [0.29, 0.717) is 0 Å². The largest absolute Gasteiger partial charge is 0.395 e. The van der Waals surface area contributed by atoms with Crippen LogP contribution in [0, 0.1) is 6.92 Å². The van der Waals surface area contributed by atoms with Crippen molar-refractivity contribution >= 4 is 39.2 Å². The summed E-state index contributed by atoms with van der Waals surface area (Å²) in [5.41, 5.74) is 3.00. The van der Waals surface area contributed by atoms with Crippen molar-refractivity contribution in [1.82, 2.24) is 10.3 Å².